The second kappa shape index (κ2) is 5.08. The number of hydrogen-bond acceptors (Lipinski definition) is 4. The van der Waals surface area contributed by atoms with Crippen LogP contribution in [0.25, 0.3) is 11.0 Å². The predicted molar refractivity (Wildman–Crippen MR) is 87.4 cm³/mol. The molecular formula is C17H11F4N3S. The third-order valence-electron chi connectivity index (χ3n) is 4.23. The van der Waals surface area contributed by atoms with Crippen LogP contribution < -0.4 is 0 Å². The first-order chi connectivity index (χ1) is 11.7. The summed E-state index contributed by atoms with van der Waals surface area (Å²) in [6.07, 6.45) is 1.23. The van der Waals surface area contributed by atoms with Gasteiger partial charge in [0.2, 0.25) is 0 Å². The summed E-state index contributed by atoms with van der Waals surface area (Å²) in [5.74, 6) is -5.23. The molecule has 0 amide bonds. The molecule has 0 spiro atoms. The number of alkyl halides is 2. The van der Waals surface area contributed by atoms with E-state index in [9.17, 15) is 17.6 Å². The van der Waals surface area contributed by atoms with Gasteiger partial charge in [-0.2, -0.15) is 8.78 Å². The van der Waals surface area contributed by atoms with E-state index in [0.29, 0.717) is 4.88 Å². The average molecular weight is 365 g/mol. The molecule has 1 aromatic carbocycles. The highest BCUT2D eigenvalue weighted by atomic mass is 32.1. The molecule has 0 aliphatic carbocycles. The van der Waals surface area contributed by atoms with E-state index in [-0.39, 0.29) is 28.0 Å². The molecule has 0 saturated heterocycles. The standard InChI is InChI=1S/C17H11F4N3S/c1-16(2)17(20,21)8-5-6-25-15(8)14(24-16)11-7-22-13-10(23-11)4-3-9(18)12(13)19/h3-7H,1-2H3. The summed E-state index contributed by atoms with van der Waals surface area (Å²) in [4.78, 5) is 12.7. The summed E-state index contributed by atoms with van der Waals surface area (Å²) in [5, 5.41) is 1.57. The van der Waals surface area contributed by atoms with Gasteiger partial charge in [-0.05, 0) is 37.4 Å². The van der Waals surface area contributed by atoms with Crippen LogP contribution in [0.3, 0.4) is 0 Å². The van der Waals surface area contributed by atoms with Gasteiger partial charge in [-0.1, -0.05) is 0 Å². The van der Waals surface area contributed by atoms with Gasteiger partial charge in [0.1, 0.15) is 22.5 Å². The molecule has 0 fully saturated rings. The lowest BCUT2D eigenvalue weighted by molar-refractivity contribution is -0.0677. The summed E-state index contributed by atoms with van der Waals surface area (Å²) < 4.78 is 56.3. The maximum absolute atomic E-state index is 14.6. The number of benzene rings is 1. The Hall–Kier alpha value is -2.35. The van der Waals surface area contributed by atoms with Crippen molar-refractivity contribution in [3.63, 3.8) is 0 Å². The quantitative estimate of drug-likeness (QED) is 0.587. The Bertz CT molecular complexity index is 1040. The second-order valence-electron chi connectivity index (χ2n) is 6.24. The van der Waals surface area contributed by atoms with E-state index in [0.717, 1.165) is 17.4 Å². The minimum atomic E-state index is -3.12. The SMILES string of the molecule is CC1(C)N=C(c2cnc3c(F)c(F)ccc3n2)c2sccc2C1(F)F. The van der Waals surface area contributed by atoms with Gasteiger partial charge in [0, 0.05) is 5.56 Å². The van der Waals surface area contributed by atoms with Gasteiger partial charge in [0.15, 0.2) is 11.6 Å². The number of hydrogen-bond donors (Lipinski definition) is 0. The van der Waals surface area contributed by atoms with Crippen molar-refractivity contribution < 1.29 is 17.6 Å². The number of aromatic nitrogens is 2. The normalized spacial score (nSPS) is 18.1. The number of thiophene rings is 1. The molecule has 0 unspecified atom stereocenters. The lowest BCUT2D eigenvalue weighted by Gasteiger charge is -2.35. The predicted octanol–water partition coefficient (Wildman–Crippen LogP) is 4.69. The Morgan fingerprint density at radius 2 is 1.84 bits per heavy atom. The fourth-order valence-electron chi connectivity index (χ4n) is 2.78. The fraction of sp³-hybridized carbons (Fsp3) is 0.235. The molecule has 1 aliphatic rings. The molecule has 3 nitrogen and oxygen atoms in total. The molecule has 3 heterocycles. The molecule has 2 aromatic heterocycles. The first-order valence-corrected chi connectivity index (χ1v) is 8.27. The summed E-state index contributed by atoms with van der Waals surface area (Å²) in [5.41, 5.74) is -1.34. The van der Waals surface area contributed by atoms with Crippen LogP contribution in [0.5, 0.6) is 0 Å². The molecule has 0 radical (unpaired) electrons. The van der Waals surface area contributed by atoms with Crippen LogP contribution in [0.2, 0.25) is 0 Å². The smallest absolute Gasteiger partial charge is 0.269 e. The molecule has 3 aromatic rings. The van der Waals surface area contributed by atoms with Gasteiger partial charge in [-0.15, -0.1) is 11.3 Å². The molecule has 25 heavy (non-hydrogen) atoms. The Morgan fingerprint density at radius 3 is 2.60 bits per heavy atom. The summed E-state index contributed by atoms with van der Waals surface area (Å²) in [6.45, 7) is 2.69. The van der Waals surface area contributed by atoms with Crippen molar-refractivity contribution in [3.05, 3.63) is 57.5 Å². The zero-order valence-corrected chi connectivity index (χ0v) is 14.0. The minimum absolute atomic E-state index is 0.111. The van der Waals surface area contributed by atoms with Crippen molar-refractivity contribution in [2.24, 2.45) is 4.99 Å². The molecule has 4 rings (SSSR count). The highest BCUT2D eigenvalue weighted by Crippen LogP contribution is 2.48. The van der Waals surface area contributed by atoms with Gasteiger partial charge in [-0.25, -0.2) is 18.7 Å². The summed E-state index contributed by atoms with van der Waals surface area (Å²) in [6, 6.07) is 3.62. The monoisotopic (exact) mass is 365 g/mol. The molecule has 0 saturated carbocycles. The van der Waals surface area contributed by atoms with E-state index in [1.54, 1.807) is 5.38 Å². The first-order valence-electron chi connectivity index (χ1n) is 7.39. The Labute approximate surface area is 144 Å². The van der Waals surface area contributed by atoms with E-state index in [4.69, 9.17) is 0 Å². The van der Waals surface area contributed by atoms with Crippen LogP contribution in [0.1, 0.15) is 30.0 Å². The number of nitrogens with zero attached hydrogens (tertiary/aromatic N) is 3. The Balaban J connectivity index is 1.95. The minimum Gasteiger partial charge on any atom is -0.269 e. The first kappa shape index (κ1) is 16.1. The molecule has 0 bridgehead atoms. The van der Waals surface area contributed by atoms with E-state index in [2.05, 4.69) is 15.0 Å². The van der Waals surface area contributed by atoms with Crippen molar-refractivity contribution in [3.8, 4) is 0 Å². The van der Waals surface area contributed by atoms with Crippen molar-refractivity contribution in [1.82, 2.24) is 9.97 Å². The van der Waals surface area contributed by atoms with Crippen LogP contribution in [0.15, 0.2) is 34.8 Å². The molecule has 1 aliphatic heterocycles. The van der Waals surface area contributed by atoms with Crippen LogP contribution in [0, 0.1) is 11.6 Å². The van der Waals surface area contributed by atoms with Gasteiger partial charge in [-0.3, -0.25) is 4.99 Å². The van der Waals surface area contributed by atoms with E-state index < -0.39 is 23.1 Å². The van der Waals surface area contributed by atoms with E-state index in [1.165, 1.54) is 32.2 Å². The molecule has 128 valence electrons. The van der Waals surface area contributed by atoms with E-state index in [1.807, 2.05) is 0 Å². The van der Waals surface area contributed by atoms with Gasteiger partial charge < -0.3 is 0 Å². The maximum atomic E-state index is 14.6. The lowest BCUT2D eigenvalue weighted by atomic mass is 9.86. The van der Waals surface area contributed by atoms with Gasteiger partial charge in [0.25, 0.3) is 5.92 Å². The zero-order valence-electron chi connectivity index (χ0n) is 13.1. The third-order valence-corrected chi connectivity index (χ3v) is 5.15. The fourth-order valence-corrected chi connectivity index (χ4v) is 3.71. The maximum Gasteiger partial charge on any atom is 0.298 e. The number of fused-ring (bicyclic) bond motifs is 2. The molecule has 0 atom stereocenters. The average Bonchev–Trinajstić information content (AvgIpc) is 3.05. The van der Waals surface area contributed by atoms with Crippen molar-refractivity contribution in [2.45, 2.75) is 25.3 Å². The largest absolute Gasteiger partial charge is 0.298 e. The molecule has 0 N–H and O–H groups in total. The summed E-state index contributed by atoms with van der Waals surface area (Å²) >= 11 is 1.13. The highest BCUT2D eigenvalue weighted by molar-refractivity contribution is 7.12. The number of rotatable bonds is 1. The van der Waals surface area contributed by atoms with Crippen LogP contribution in [-0.4, -0.2) is 21.2 Å². The van der Waals surface area contributed by atoms with Crippen molar-refractivity contribution >= 4 is 28.1 Å². The van der Waals surface area contributed by atoms with Crippen LogP contribution in [0.4, 0.5) is 17.6 Å². The number of halogens is 4. The second-order valence-corrected chi connectivity index (χ2v) is 7.16. The highest BCUT2D eigenvalue weighted by Gasteiger charge is 2.53. The molecule has 8 heteroatoms. The summed E-state index contributed by atoms with van der Waals surface area (Å²) in [7, 11) is 0. The van der Waals surface area contributed by atoms with Gasteiger partial charge >= 0.3 is 0 Å². The Kier molecular flexibility index (Phi) is 3.28. The Morgan fingerprint density at radius 1 is 1.08 bits per heavy atom. The van der Waals surface area contributed by atoms with Crippen molar-refractivity contribution in [1.29, 1.82) is 0 Å². The van der Waals surface area contributed by atoms with Gasteiger partial charge in [0.05, 0.1) is 16.6 Å². The lowest BCUT2D eigenvalue weighted by Crippen LogP contribution is -2.43. The number of aliphatic imine (C=N–C) groups is 1. The molecular weight excluding hydrogens is 354 g/mol. The third kappa shape index (κ3) is 2.20. The zero-order chi connectivity index (χ0) is 18.0. The van der Waals surface area contributed by atoms with Crippen LogP contribution in [-0.2, 0) is 5.92 Å². The van der Waals surface area contributed by atoms with E-state index >= 15 is 0 Å². The van der Waals surface area contributed by atoms with Crippen LogP contribution >= 0.6 is 11.3 Å². The topological polar surface area (TPSA) is 38.1 Å². The van der Waals surface area contributed by atoms with Crippen molar-refractivity contribution in [2.75, 3.05) is 0 Å².